The Hall–Kier alpha value is -4.10. The minimum atomic E-state index is -1.66. The maximum atomic E-state index is 14.6. The Morgan fingerprint density at radius 2 is 1.61 bits per heavy atom. The molecular formula is C29H23FN2O3S. The Balaban J connectivity index is 1.57. The Labute approximate surface area is 211 Å². The van der Waals surface area contributed by atoms with E-state index in [0.29, 0.717) is 26.6 Å². The first-order valence-corrected chi connectivity index (χ1v) is 12.6. The van der Waals surface area contributed by atoms with E-state index in [4.69, 9.17) is 0 Å². The lowest BCUT2D eigenvalue weighted by atomic mass is 10.1. The van der Waals surface area contributed by atoms with Crippen molar-refractivity contribution in [3.8, 4) is 0 Å². The second-order valence-electron chi connectivity index (χ2n) is 8.54. The van der Waals surface area contributed by atoms with Crippen LogP contribution in [0.5, 0.6) is 0 Å². The number of nitrogens with zero attached hydrogens (tertiary/aromatic N) is 1. The zero-order valence-corrected chi connectivity index (χ0v) is 20.3. The smallest absolute Gasteiger partial charge is 0.259 e. The molecule has 36 heavy (non-hydrogen) atoms. The number of amides is 2. The number of fused-ring (bicyclic) bond motifs is 2. The summed E-state index contributed by atoms with van der Waals surface area (Å²) in [7, 11) is -1.66. The van der Waals surface area contributed by atoms with Gasteiger partial charge in [-0.3, -0.25) is 9.59 Å². The number of hydrogen-bond acceptors (Lipinski definition) is 3. The van der Waals surface area contributed by atoms with Crippen molar-refractivity contribution in [3.05, 3.63) is 125 Å². The van der Waals surface area contributed by atoms with E-state index in [2.05, 4.69) is 5.32 Å². The van der Waals surface area contributed by atoms with Crippen LogP contribution in [-0.4, -0.2) is 16.0 Å². The van der Waals surface area contributed by atoms with Gasteiger partial charge >= 0.3 is 0 Å². The summed E-state index contributed by atoms with van der Waals surface area (Å²) in [5, 5.41) is 2.97. The van der Waals surface area contributed by atoms with Gasteiger partial charge in [0.1, 0.15) is 5.82 Å². The van der Waals surface area contributed by atoms with Gasteiger partial charge in [-0.25, -0.2) is 8.60 Å². The van der Waals surface area contributed by atoms with Crippen molar-refractivity contribution < 1.29 is 18.2 Å². The molecule has 2 atom stereocenters. The summed E-state index contributed by atoms with van der Waals surface area (Å²) >= 11 is 0. The van der Waals surface area contributed by atoms with Gasteiger partial charge in [0.2, 0.25) is 0 Å². The lowest BCUT2D eigenvalue weighted by Gasteiger charge is -2.24. The Bertz CT molecular complexity index is 1490. The second-order valence-corrected chi connectivity index (χ2v) is 9.95. The minimum absolute atomic E-state index is 0.0739. The van der Waals surface area contributed by atoms with E-state index >= 15 is 0 Å². The minimum Gasteiger partial charge on any atom is -0.346 e. The predicted molar refractivity (Wildman–Crippen MR) is 137 cm³/mol. The van der Waals surface area contributed by atoms with Gasteiger partial charge < -0.3 is 10.2 Å². The lowest BCUT2D eigenvalue weighted by Crippen LogP contribution is -2.31. The third kappa shape index (κ3) is 4.45. The van der Waals surface area contributed by atoms with E-state index in [9.17, 15) is 18.2 Å². The molecule has 4 aromatic rings. The van der Waals surface area contributed by atoms with Crippen LogP contribution in [0.15, 0.2) is 107 Å². The quantitative estimate of drug-likeness (QED) is 0.387. The second kappa shape index (κ2) is 9.87. The van der Waals surface area contributed by atoms with Gasteiger partial charge in [0.25, 0.3) is 11.8 Å². The van der Waals surface area contributed by atoms with Gasteiger partial charge in [0.15, 0.2) is 0 Å². The SMILES string of the molecule is C[C@H](NC(=O)c1ccc2c(c1)N(Cc1ccccc1F)C(=O)c1ccccc1[S@]2=O)c1ccccc1. The third-order valence-electron chi connectivity index (χ3n) is 6.21. The highest BCUT2D eigenvalue weighted by atomic mass is 32.2. The molecule has 0 unspecified atom stereocenters. The van der Waals surface area contributed by atoms with E-state index < -0.39 is 22.5 Å². The molecule has 0 aromatic heterocycles. The zero-order chi connectivity index (χ0) is 25.2. The lowest BCUT2D eigenvalue weighted by molar-refractivity contribution is 0.0937. The Kier molecular flexibility index (Phi) is 6.48. The number of nitrogens with one attached hydrogen (secondary N) is 1. The molecule has 0 spiro atoms. The molecule has 4 aromatic carbocycles. The summed E-state index contributed by atoms with van der Waals surface area (Å²) in [4.78, 5) is 29.0. The summed E-state index contributed by atoms with van der Waals surface area (Å²) in [5.74, 6) is -1.19. The highest BCUT2D eigenvalue weighted by molar-refractivity contribution is 7.85. The fourth-order valence-electron chi connectivity index (χ4n) is 4.26. The molecule has 1 aliphatic heterocycles. The summed E-state index contributed by atoms with van der Waals surface area (Å²) in [6.45, 7) is 1.81. The van der Waals surface area contributed by atoms with Crippen molar-refractivity contribution in [2.24, 2.45) is 0 Å². The fourth-order valence-corrected chi connectivity index (χ4v) is 5.61. The molecule has 1 heterocycles. The van der Waals surface area contributed by atoms with Crippen LogP contribution in [0.4, 0.5) is 10.1 Å². The molecule has 1 aliphatic rings. The van der Waals surface area contributed by atoms with Crippen LogP contribution in [0.1, 0.15) is 44.8 Å². The van der Waals surface area contributed by atoms with Crippen LogP contribution >= 0.6 is 0 Å². The average molecular weight is 499 g/mol. The predicted octanol–water partition coefficient (Wildman–Crippen LogP) is 5.64. The van der Waals surface area contributed by atoms with Crippen molar-refractivity contribution in [1.82, 2.24) is 5.32 Å². The number of rotatable bonds is 5. The van der Waals surface area contributed by atoms with Gasteiger partial charge in [-0.15, -0.1) is 0 Å². The highest BCUT2D eigenvalue weighted by Gasteiger charge is 2.32. The van der Waals surface area contributed by atoms with Gasteiger partial charge in [0, 0.05) is 11.1 Å². The van der Waals surface area contributed by atoms with Crippen LogP contribution in [0, 0.1) is 5.82 Å². The normalized spacial score (nSPS) is 15.4. The van der Waals surface area contributed by atoms with Crippen LogP contribution in [-0.2, 0) is 17.3 Å². The van der Waals surface area contributed by atoms with Crippen molar-refractivity contribution in [3.63, 3.8) is 0 Å². The first-order chi connectivity index (χ1) is 17.4. The van der Waals surface area contributed by atoms with Gasteiger partial charge in [-0.05, 0) is 48.9 Å². The topological polar surface area (TPSA) is 66.5 Å². The fraction of sp³-hybridized carbons (Fsp3) is 0.103. The average Bonchev–Trinajstić information content (AvgIpc) is 2.99. The van der Waals surface area contributed by atoms with E-state index in [0.717, 1.165) is 5.56 Å². The maximum absolute atomic E-state index is 14.6. The number of hydrogen-bond donors (Lipinski definition) is 1. The molecule has 1 N–H and O–H groups in total. The molecule has 0 bridgehead atoms. The van der Waals surface area contributed by atoms with E-state index in [1.165, 1.54) is 11.0 Å². The molecular weight excluding hydrogens is 475 g/mol. The van der Waals surface area contributed by atoms with Crippen molar-refractivity contribution in [1.29, 1.82) is 0 Å². The van der Waals surface area contributed by atoms with Gasteiger partial charge in [-0.2, -0.15) is 0 Å². The summed E-state index contributed by atoms with van der Waals surface area (Å²) in [5.41, 5.74) is 2.18. The summed E-state index contributed by atoms with van der Waals surface area (Å²) < 4.78 is 28.1. The number of halogens is 1. The molecule has 5 rings (SSSR count). The Morgan fingerprint density at radius 3 is 2.39 bits per heavy atom. The third-order valence-corrected chi connectivity index (χ3v) is 7.71. The van der Waals surface area contributed by atoms with E-state index in [1.54, 1.807) is 60.7 Å². The van der Waals surface area contributed by atoms with E-state index in [1.807, 2.05) is 37.3 Å². The van der Waals surface area contributed by atoms with Gasteiger partial charge in [0.05, 0.1) is 44.4 Å². The molecule has 0 saturated heterocycles. The molecule has 0 fully saturated rings. The first-order valence-electron chi connectivity index (χ1n) is 11.5. The standard InChI is InChI=1S/C29H23FN2O3S/c1-19(20-9-3-2-4-10-20)31-28(33)21-15-16-27-25(17-21)32(18-22-11-5-7-13-24(22)30)29(34)23-12-6-8-14-26(23)36(27)35/h2-17,19H,18H2,1H3,(H,31,33)/t19-,36+/m0/s1. The van der Waals surface area contributed by atoms with Crippen LogP contribution < -0.4 is 10.2 Å². The zero-order valence-electron chi connectivity index (χ0n) is 19.5. The number of anilines is 1. The molecule has 0 saturated carbocycles. The summed E-state index contributed by atoms with van der Waals surface area (Å²) in [6, 6.07) is 27.0. The monoisotopic (exact) mass is 498 g/mol. The molecule has 7 heteroatoms. The van der Waals surface area contributed by atoms with Crippen LogP contribution in [0.3, 0.4) is 0 Å². The van der Waals surface area contributed by atoms with Gasteiger partial charge in [-0.1, -0.05) is 60.7 Å². The van der Waals surface area contributed by atoms with Crippen LogP contribution in [0.2, 0.25) is 0 Å². The molecule has 0 aliphatic carbocycles. The maximum Gasteiger partial charge on any atom is 0.259 e. The first kappa shape index (κ1) is 23.6. The number of carbonyl (C=O) groups is 2. The van der Waals surface area contributed by atoms with Crippen LogP contribution in [0.25, 0.3) is 0 Å². The van der Waals surface area contributed by atoms with E-state index in [-0.39, 0.29) is 24.1 Å². The van der Waals surface area contributed by atoms with Crippen molar-refractivity contribution >= 4 is 28.3 Å². The highest BCUT2D eigenvalue weighted by Crippen LogP contribution is 2.36. The molecule has 2 amide bonds. The number of carbonyl (C=O) groups excluding carboxylic acids is 2. The van der Waals surface area contributed by atoms with Crippen molar-refractivity contribution in [2.75, 3.05) is 4.90 Å². The summed E-state index contributed by atoms with van der Waals surface area (Å²) in [6.07, 6.45) is 0. The van der Waals surface area contributed by atoms with Crippen molar-refractivity contribution in [2.45, 2.75) is 29.3 Å². The largest absolute Gasteiger partial charge is 0.346 e. The Morgan fingerprint density at radius 1 is 0.917 bits per heavy atom. The molecule has 0 radical (unpaired) electrons. The molecule has 5 nitrogen and oxygen atoms in total. The number of benzene rings is 4. The molecule has 180 valence electrons.